The van der Waals surface area contributed by atoms with E-state index in [2.05, 4.69) is 5.32 Å². The van der Waals surface area contributed by atoms with Crippen molar-refractivity contribution in [1.82, 2.24) is 0 Å². The van der Waals surface area contributed by atoms with Crippen LogP contribution in [0.1, 0.15) is 21.5 Å². The molecule has 0 radical (unpaired) electrons. The lowest BCUT2D eigenvalue weighted by atomic mass is 10.0. The first kappa shape index (κ1) is 26.3. The van der Waals surface area contributed by atoms with Gasteiger partial charge in [0.1, 0.15) is 17.4 Å². The zero-order valence-corrected chi connectivity index (χ0v) is 19.4. The lowest BCUT2D eigenvalue weighted by molar-refractivity contribution is -0.137. The second kappa shape index (κ2) is 10.7. The van der Waals surface area contributed by atoms with Gasteiger partial charge in [0.15, 0.2) is 5.75 Å². The van der Waals surface area contributed by atoms with Gasteiger partial charge in [-0.3, -0.25) is 4.79 Å². The average Bonchev–Trinajstić information content (AvgIpc) is 2.87. The minimum atomic E-state index is -4.56. The smallest absolute Gasteiger partial charge is 0.416 e. The lowest BCUT2D eigenvalue weighted by Gasteiger charge is -2.15. The zero-order valence-electron chi connectivity index (χ0n) is 19.4. The Morgan fingerprint density at radius 2 is 1.55 bits per heavy atom. The summed E-state index contributed by atoms with van der Waals surface area (Å²) in [5, 5.41) is 11.5. The van der Waals surface area contributed by atoms with Gasteiger partial charge in [0.2, 0.25) is 5.91 Å². The van der Waals surface area contributed by atoms with Crippen LogP contribution >= 0.6 is 0 Å². The van der Waals surface area contributed by atoms with Crippen molar-refractivity contribution >= 4 is 17.6 Å². The van der Waals surface area contributed by atoms with E-state index >= 15 is 0 Å². The average molecular weight is 527 g/mol. The number of carbonyl (C=O) groups is 2. The normalized spacial score (nSPS) is 11.2. The lowest BCUT2D eigenvalue weighted by Crippen LogP contribution is -2.16. The Morgan fingerprint density at radius 3 is 2.21 bits per heavy atom. The molecule has 194 valence electrons. The summed E-state index contributed by atoms with van der Waals surface area (Å²) < 4.78 is 73.0. The molecule has 1 amide bonds. The molecule has 10 heteroatoms. The molecule has 0 saturated heterocycles. The number of alkyl halides is 3. The minimum absolute atomic E-state index is 0.0665. The van der Waals surface area contributed by atoms with Crippen LogP contribution in [0.3, 0.4) is 0 Å². The molecule has 0 spiro atoms. The number of aromatic carboxylic acids is 1. The number of hydrogen-bond acceptors (Lipinski definition) is 3. The Labute approximate surface area is 213 Å². The Kier molecular flexibility index (Phi) is 7.43. The van der Waals surface area contributed by atoms with E-state index in [1.54, 1.807) is 0 Å². The van der Waals surface area contributed by atoms with Crippen LogP contribution in [-0.4, -0.2) is 17.0 Å². The number of carboxylic acid groups (broad SMARTS) is 1. The molecular weight excluding hydrogens is 509 g/mol. The quantitative estimate of drug-likeness (QED) is 0.247. The van der Waals surface area contributed by atoms with Crippen molar-refractivity contribution in [2.75, 3.05) is 5.32 Å². The maximum atomic E-state index is 14.3. The van der Waals surface area contributed by atoms with Crippen molar-refractivity contribution in [1.29, 1.82) is 0 Å². The number of rotatable bonds is 7. The fourth-order valence-corrected chi connectivity index (χ4v) is 3.59. The SMILES string of the molecule is O=C(Cc1ccc(C(=O)O)cc1F)Nc1cc(-c2cccc(C(F)(F)F)c2)ccc1Oc1ccc(F)cc1. The number of amides is 1. The predicted octanol–water partition coefficient (Wildman–Crippen LogP) is 7.32. The molecule has 4 aromatic rings. The van der Waals surface area contributed by atoms with E-state index in [-0.39, 0.29) is 33.9 Å². The zero-order chi connectivity index (χ0) is 27.4. The number of ether oxygens (including phenoxy) is 1. The second-order valence-corrected chi connectivity index (χ2v) is 8.18. The fourth-order valence-electron chi connectivity index (χ4n) is 3.59. The van der Waals surface area contributed by atoms with E-state index in [0.29, 0.717) is 5.56 Å². The summed E-state index contributed by atoms with van der Waals surface area (Å²) in [5.74, 6) is -3.08. The van der Waals surface area contributed by atoms with Gasteiger partial charge in [-0.25, -0.2) is 13.6 Å². The van der Waals surface area contributed by atoms with Crippen LogP contribution in [0.15, 0.2) is 84.9 Å². The van der Waals surface area contributed by atoms with Gasteiger partial charge in [-0.15, -0.1) is 0 Å². The first-order valence-corrected chi connectivity index (χ1v) is 11.1. The Balaban J connectivity index is 1.66. The molecule has 0 heterocycles. The molecule has 0 aliphatic heterocycles. The van der Waals surface area contributed by atoms with E-state index in [1.807, 2.05) is 0 Å². The molecule has 0 unspecified atom stereocenters. The van der Waals surface area contributed by atoms with Gasteiger partial charge in [-0.1, -0.05) is 24.3 Å². The fraction of sp³-hybridized carbons (Fsp3) is 0.0714. The summed E-state index contributed by atoms with van der Waals surface area (Å²) in [6.45, 7) is 0. The summed E-state index contributed by atoms with van der Waals surface area (Å²) in [6, 6.07) is 17.1. The van der Waals surface area contributed by atoms with Crippen LogP contribution in [0.2, 0.25) is 0 Å². The molecule has 4 aromatic carbocycles. The highest BCUT2D eigenvalue weighted by Crippen LogP contribution is 2.36. The number of nitrogens with one attached hydrogen (secondary N) is 1. The van der Waals surface area contributed by atoms with Crippen molar-refractivity contribution in [2.24, 2.45) is 0 Å². The van der Waals surface area contributed by atoms with Crippen LogP contribution in [0.5, 0.6) is 11.5 Å². The molecule has 0 bridgehead atoms. The number of halogens is 5. The first-order valence-electron chi connectivity index (χ1n) is 11.1. The number of anilines is 1. The number of benzene rings is 4. The van der Waals surface area contributed by atoms with Crippen LogP contribution in [0.25, 0.3) is 11.1 Å². The van der Waals surface area contributed by atoms with Gasteiger partial charge < -0.3 is 15.2 Å². The summed E-state index contributed by atoms with van der Waals surface area (Å²) in [7, 11) is 0. The molecule has 0 saturated carbocycles. The van der Waals surface area contributed by atoms with Crippen LogP contribution in [-0.2, 0) is 17.4 Å². The summed E-state index contributed by atoms with van der Waals surface area (Å²) >= 11 is 0. The number of hydrogen-bond donors (Lipinski definition) is 2. The van der Waals surface area contributed by atoms with Crippen molar-refractivity contribution in [2.45, 2.75) is 12.6 Å². The largest absolute Gasteiger partial charge is 0.478 e. The molecule has 0 atom stereocenters. The number of carboxylic acids is 1. The highest BCUT2D eigenvalue weighted by atomic mass is 19.4. The maximum Gasteiger partial charge on any atom is 0.416 e. The van der Waals surface area contributed by atoms with Crippen LogP contribution in [0.4, 0.5) is 27.6 Å². The van der Waals surface area contributed by atoms with Gasteiger partial charge in [0.25, 0.3) is 0 Å². The van der Waals surface area contributed by atoms with Gasteiger partial charge in [-0.05, 0) is 77.4 Å². The molecule has 0 aliphatic rings. The van der Waals surface area contributed by atoms with Crippen molar-refractivity contribution in [3.8, 4) is 22.6 Å². The van der Waals surface area contributed by atoms with E-state index in [4.69, 9.17) is 9.84 Å². The van der Waals surface area contributed by atoms with Crippen LogP contribution in [0, 0.1) is 11.6 Å². The van der Waals surface area contributed by atoms with Gasteiger partial charge in [0.05, 0.1) is 23.2 Å². The van der Waals surface area contributed by atoms with E-state index < -0.39 is 41.7 Å². The molecular formula is C28H18F5NO4. The molecule has 4 rings (SSSR count). The maximum absolute atomic E-state index is 14.3. The van der Waals surface area contributed by atoms with Crippen molar-refractivity contribution in [3.63, 3.8) is 0 Å². The summed E-state index contributed by atoms with van der Waals surface area (Å²) in [4.78, 5) is 23.8. The topological polar surface area (TPSA) is 75.6 Å². The van der Waals surface area contributed by atoms with Gasteiger partial charge >= 0.3 is 12.1 Å². The monoisotopic (exact) mass is 527 g/mol. The van der Waals surface area contributed by atoms with Gasteiger partial charge in [0, 0.05) is 0 Å². The first-order chi connectivity index (χ1) is 18.0. The number of carbonyl (C=O) groups excluding carboxylic acids is 1. The third-order valence-corrected chi connectivity index (χ3v) is 5.47. The molecule has 5 nitrogen and oxygen atoms in total. The highest BCUT2D eigenvalue weighted by Gasteiger charge is 2.30. The Hall–Kier alpha value is -4.73. The van der Waals surface area contributed by atoms with Crippen molar-refractivity contribution in [3.05, 3.63) is 113 Å². The second-order valence-electron chi connectivity index (χ2n) is 8.18. The Morgan fingerprint density at radius 1 is 0.842 bits per heavy atom. The third kappa shape index (κ3) is 6.33. The molecule has 0 fully saturated rings. The standard InChI is InChI=1S/C28H18F5NO4/c29-21-7-9-22(10-8-21)38-25-11-6-17(16-2-1-3-20(12-16)28(31,32)33)14-24(25)34-26(35)15-18-4-5-19(27(36)37)13-23(18)30/h1-14H,15H2,(H,34,35)(H,36,37). The molecule has 2 N–H and O–H groups in total. The Bertz CT molecular complexity index is 1500. The van der Waals surface area contributed by atoms with Gasteiger partial charge in [-0.2, -0.15) is 13.2 Å². The van der Waals surface area contributed by atoms with E-state index in [1.165, 1.54) is 48.5 Å². The van der Waals surface area contributed by atoms with E-state index in [9.17, 15) is 31.5 Å². The molecule has 0 aromatic heterocycles. The van der Waals surface area contributed by atoms with E-state index in [0.717, 1.165) is 36.4 Å². The summed E-state index contributed by atoms with van der Waals surface area (Å²) in [5.41, 5.74) is -0.587. The van der Waals surface area contributed by atoms with Crippen molar-refractivity contribution < 1.29 is 41.4 Å². The predicted molar refractivity (Wildman–Crippen MR) is 129 cm³/mol. The van der Waals surface area contributed by atoms with Crippen LogP contribution < -0.4 is 10.1 Å². The molecule has 38 heavy (non-hydrogen) atoms. The molecule has 0 aliphatic carbocycles. The third-order valence-electron chi connectivity index (χ3n) is 5.47. The minimum Gasteiger partial charge on any atom is -0.478 e. The summed E-state index contributed by atoms with van der Waals surface area (Å²) in [6.07, 6.45) is -5.02. The highest BCUT2D eigenvalue weighted by molar-refractivity contribution is 5.95.